The van der Waals surface area contributed by atoms with Crippen LogP contribution in [0.5, 0.6) is 0 Å². The molecule has 1 aliphatic heterocycles. The minimum Gasteiger partial charge on any atom is -0.453 e. The molecule has 0 radical (unpaired) electrons. The van der Waals surface area contributed by atoms with Crippen molar-refractivity contribution in [1.29, 1.82) is 0 Å². The van der Waals surface area contributed by atoms with Crippen LogP contribution >= 0.6 is 11.6 Å². The normalized spacial score (nSPS) is 20.9. The number of nitrogens with one attached hydrogen (secondary N) is 2. The van der Waals surface area contributed by atoms with Gasteiger partial charge in [0, 0.05) is 43.7 Å². The van der Waals surface area contributed by atoms with E-state index in [9.17, 15) is 19.1 Å². The zero-order chi connectivity index (χ0) is 27.7. The zero-order valence-electron chi connectivity index (χ0n) is 22.1. The van der Waals surface area contributed by atoms with Crippen molar-refractivity contribution in [3.8, 4) is 0 Å². The number of piperidine rings is 1. The van der Waals surface area contributed by atoms with E-state index in [1.54, 1.807) is 4.90 Å². The number of carbonyl (C=O) groups excluding carboxylic acids is 2. The molecule has 0 spiro atoms. The number of urea groups is 1. The number of nitrogens with zero attached hydrogens (tertiary/aromatic N) is 1. The minimum atomic E-state index is -1.74. The van der Waals surface area contributed by atoms with Gasteiger partial charge in [-0.2, -0.15) is 0 Å². The van der Waals surface area contributed by atoms with Crippen LogP contribution in [0.3, 0.4) is 0 Å². The number of nitrogens with two attached hydrogens (primary N) is 1. The van der Waals surface area contributed by atoms with Crippen molar-refractivity contribution in [2.75, 3.05) is 33.3 Å². The molecular weight excluding hydrogens is 518 g/mol. The third kappa shape index (κ3) is 7.70. The van der Waals surface area contributed by atoms with Crippen molar-refractivity contribution < 1.29 is 28.2 Å². The number of amides is 3. The molecule has 1 saturated carbocycles. The first kappa shape index (κ1) is 30.4. The monoisotopic (exact) mass is 558 g/mol. The first-order chi connectivity index (χ1) is 18.2. The molecule has 214 valence electrons. The van der Waals surface area contributed by atoms with E-state index >= 15 is 4.39 Å². The first-order valence-corrected chi connectivity index (χ1v) is 14.0. The molecule has 0 unspecified atom stereocenters. The van der Waals surface area contributed by atoms with Crippen molar-refractivity contribution in [2.45, 2.75) is 75.9 Å². The van der Waals surface area contributed by atoms with Crippen LogP contribution in [-0.4, -0.2) is 61.5 Å². The predicted molar refractivity (Wildman–Crippen MR) is 142 cm³/mol. The van der Waals surface area contributed by atoms with E-state index < -0.39 is 34.3 Å². The van der Waals surface area contributed by atoms with Crippen LogP contribution in [0.1, 0.15) is 69.8 Å². The summed E-state index contributed by atoms with van der Waals surface area (Å²) in [6.07, 6.45) is 7.69. The molecule has 11 heteroatoms. The largest absolute Gasteiger partial charge is 0.453 e. The summed E-state index contributed by atoms with van der Waals surface area (Å²) in [7, 11) is 1.24. The number of methoxy groups -OCH3 is 1. The molecule has 0 aromatic heterocycles. The molecule has 1 aromatic rings. The number of halogens is 3. The maximum Gasteiger partial charge on any atom is 0.406 e. The lowest BCUT2D eigenvalue weighted by molar-refractivity contribution is -0.0577. The molecule has 1 heterocycles. The summed E-state index contributed by atoms with van der Waals surface area (Å²) in [5.74, 6) is -1.92. The van der Waals surface area contributed by atoms with Gasteiger partial charge < -0.3 is 31.1 Å². The van der Waals surface area contributed by atoms with Crippen molar-refractivity contribution in [1.82, 2.24) is 15.5 Å². The third-order valence-corrected chi connectivity index (χ3v) is 8.38. The van der Waals surface area contributed by atoms with Crippen LogP contribution in [0.2, 0.25) is 5.02 Å². The number of alkyl carbamates (subject to hydrolysis) is 1. The highest BCUT2D eigenvalue weighted by molar-refractivity contribution is 6.31. The highest BCUT2D eigenvalue weighted by atomic mass is 35.5. The number of hydrogen-bond donors (Lipinski definition) is 4. The lowest BCUT2D eigenvalue weighted by Gasteiger charge is -2.43. The fraction of sp³-hybridized carbons (Fsp3) is 0.704. The quantitative estimate of drug-likeness (QED) is 0.246. The van der Waals surface area contributed by atoms with Gasteiger partial charge in [-0.05, 0) is 44.1 Å². The number of hydrogen-bond acceptors (Lipinski definition) is 5. The summed E-state index contributed by atoms with van der Waals surface area (Å²) < 4.78 is 33.7. The van der Waals surface area contributed by atoms with E-state index in [0.717, 1.165) is 25.3 Å². The molecular formula is C27H41ClF2N4O4. The van der Waals surface area contributed by atoms with E-state index in [1.165, 1.54) is 32.4 Å². The van der Waals surface area contributed by atoms with Crippen LogP contribution in [0.25, 0.3) is 0 Å². The fourth-order valence-electron chi connectivity index (χ4n) is 5.90. The molecule has 0 bridgehead atoms. The summed E-state index contributed by atoms with van der Waals surface area (Å²) in [5, 5.41) is 16.9. The molecule has 38 heavy (non-hydrogen) atoms. The highest BCUT2D eigenvalue weighted by Crippen LogP contribution is 2.42. The van der Waals surface area contributed by atoms with Crippen molar-refractivity contribution >= 4 is 23.7 Å². The number of carbonyl (C=O) groups is 2. The molecule has 1 aromatic carbocycles. The van der Waals surface area contributed by atoms with Gasteiger partial charge in [-0.1, -0.05) is 49.8 Å². The predicted octanol–water partition coefficient (Wildman–Crippen LogP) is 4.66. The SMILES string of the molecule is COC(=O)NCCC[C@@](O)(c1ccc(F)c(Cl)c1F)[C@@H]1CCCN(C(=O)N[C@H](CN)CC2CCCCC2)C1. The number of ether oxygens (including phenoxy) is 1. The van der Waals surface area contributed by atoms with E-state index in [1.807, 2.05) is 0 Å². The topological polar surface area (TPSA) is 117 Å². The molecule has 8 nitrogen and oxygen atoms in total. The highest BCUT2D eigenvalue weighted by Gasteiger charge is 2.43. The van der Waals surface area contributed by atoms with Gasteiger partial charge in [-0.3, -0.25) is 0 Å². The molecule has 2 aliphatic rings. The Labute approximate surface area is 228 Å². The van der Waals surface area contributed by atoms with E-state index in [2.05, 4.69) is 15.4 Å². The molecule has 3 atom stereocenters. The van der Waals surface area contributed by atoms with Crippen molar-refractivity contribution in [2.24, 2.45) is 17.6 Å². The average Bonchev–Trinajstić information content (AvgIpc) is 2.94. The Hall–Kier alpha value is -2.17. The van der Waals surface area contributed by atoms with Crippen LogP contribution in [0.4, 0.5) is 18.4 Å². The van der Waals surface area contributed by atoms with E-state index in [-0.39, 0.29) is 37.1 Å². The Bertz CT molecular complexity index is 950. The lowest BCUT2D eigenvalue weighted by atomic mass is 9.74. The first-order valence-electron chi connectivity index (χ1n) is 13.6. The van der Waals surface area contributed by atoms with Gasteiger partial charge in [0.25, 0.3) is 0 Å². The van der Waals surface area contributed by atoms with Crippen molar-refractivity contribution in [3.63, 3.8) is 0 Å². The Morgan fingerprint density at radius 3 is 2.66 bits per heavy atom. The van der Waals surface area contributed by atoms with Crippen molar-refractivity contribution in [3.05, 3.63) is 34.4 Å². The molecule has 3 amide bonds. The van der Waals surface area contributed by atoms with Crippen LogP contribution in [0.15, 0.2) is 12.1 Å². The van der Waals surface area contributed by atoms with Gasteiger partial charge in [0.15, 0.2) is 5.82 Å². The minimum absolute atomic E-state index is 0.0586. The third-order valence-electron chi connectivity index (χ3n) is 8.03. The van der Waals surface area contributed by atoms with Gasteiger partial charge >= 0.3 is 12.1 Å². The molecule has 1 aliphatic carbocycles. The summed E-state index contributed by atoms with van der Waals surface area (Å²) >= 11 is 5.86. The summed E-state index contributed by atoms with van der Waals surface area (Å²) in [4.78, 5) is 26.3. The Kier molecular flexibility index (Phi) is 11.4. The second-order valence-corrected chi connectivity index (χ2v) is 11.0. The zero-order valence-corrected chi connectivity index (χ0v) is 22.9. The second kappa shape index (κ2) is 14.3. The number of rotatable bonds is 10. The van der Waals surface area contributed by atoms with E-state index in [4.69, 9.17) is 17.3 Å². The summed E-state index contributed by atoms with van der Waals surface area (Å²) in [5.41, 5.74) is 4.12. The summed E-state index contributed by atoms with van der Waals surface area (Å²) in [6, 6.07) is 1.84. The van der Waals surface area contributed by atoms with Gasteiger partial charge in [0.05, 0.1) is 12.7 Å². The number of aliphatic hydroxyl groups is 1. The molecule has 5 N–H and O–H groups in total. The summed E-state index contributed by atoms with van der Waals surface area (Å²) in [6.45, 7) is 1.20. The Morgan fingerprint density at radius 2 is 1.97 bits per heavy atom. The second-order valence-electron chi connectivity index (χ2n) is 10.6. The maximum absolute atomic E-state index is 15.2. The van der Waals surface area contributed by atoms with Crippen LogP contribution < -0.4 is 16.4 Å². The van der Waals surface area contributed by atoms with Gasteiger partial charge in [0.2, 0.25) is 0 Å². The molecule has 2 fully saturated rings. The smallest absolute Gasteiger partial charge is 0.406 e. The average molecular weight is 559 g/mol. The van der Waals surface area contributed by atoms with Gasteiger partial charge in [-0.25, -0.2) is 18.4 Å². The van der Waals surface area contributed by atoms with E-state index in [0.29, 0.717) is 38.3 Å². The molecule has 1 saturated heterocycles. The van der Waals surface area contributed by atoms with Crippen LogP contribution in [-0.2, 0) is 10.3 Å². The van der Waals surface area contributed by atoms with Crippen LogP contribution in [0, 0.1) is 23.5 Å². The lowest BCUT2D eigenvalue weighted by Crippen LogP contribution is -2.54. The fourth-order valence-corrected chi connectivity index (χ4v) is 6.06. The maximum atomic E-state index is 15.2. The molecule has 3 rings (SSSR count). The van der Waals surface area contributed by atoms with Gasteiger partial charge in [-0.15, -0.1) is 0 Å². The Morgan fingerprint density at radius 1 is 1.24 bits per heavy atom. The number of likely N-dealkylation sites (tertiary alicyclic amines) is 1. The number of benzene rings is 1. The van der Waals surface area contributed by atoms with Gasteiger partial charge in [0.1, 0.15) is 10.8 Å². The Balaban J connectivity index is 1.74. The standard InChI is InChI=1S/C27H41ClF2N4O4/c1-38-26(36)32-13-6-12-27(37,21-10-11-22(29)23(28)24(21)30)19-9-5-14-34(17-19)25(35)33-20(16-31)15-18-7-3-2-4-8-18/h10-11,18-20,37H,2-9,12-17,31H2,1H3,(H,32,36)(H,33,35)/t19-,20+,27+/m1/s1.